The molecule has 3 rings (SSSR count). The summed E-state index contributed by atoms with van der Waals surface area (Å²) in [5.41, 5.74) is 27.4. The van der Waals surface area contributed by atoms with E-state index in [2.05, 4.69) is 93.7 Å². The number of hydrogen-bond donors (Lipinski definition) is 0. The monoisotopic (exact) mass is 555 g/mol. The van der Waals surface area contributed by atoms with Crippen LogP contribution in [-0.4, -0.2) is 17.3 Å². The molecule has 15 heteroatoms. The van der Waals surface area contributed by atoms with Crippen LogP contribution in [0.4, 0.5) is 17.3 Å². The number of rotatable bonds is 2. The van der Waals surface area contributed by atoms with Crippen molar-refractivity contribution in [2.75, 3.05) is 0 Å². The molecule has 9 nitrogen and oxygen atoms in total. The van der Waals surface area contributed by atoms with Gasteiger partial charge >= 0.3 is 7.25 Å². The van der Waals surface area contributed by atoms with Gasteiger partial charge in [-0.2, -0.15) is 0 Å². The SMILES string of the molecule is Cc1cc(C)c(-n2[c-][n+](-c3c(C)cc(C)cc3C)cc2)c(C)c1.F[B-](F)(F)F.O.[Fe].[N]=O.[N]=O.[N]=O. The molecule has 36 heavy (non-hydrogen) atoms. The number of hydrogen-bond acceptors (Lipinski definition) is 3. The van der Waals surface area contributed by atoms with Gasteiger partial charge < -0.3 is 22.7 Å². The molecule has 2 aromatic carbocycles. The van der Waals surface area contributed by atoms with Gasteiger partial charge in [0.15, 0.2) is 0 Å². The maximum Gasteiger partial charge on any atom is 0.673 e. The molecule has 0 aliphatic carbocycles. The van der Waals surface area contributed by atoms with E-state index in [1.165, 1.54) is 44.8 Å². The van der Waals surface area contributed by atoms with Crippen LogP contribution >= 0.6 is 0 Å². The van der Waals surface area contributed by atoms with Crippen LogP contribution in [0, 0.1) is 62.6 Å². The molecule has 0 atom stereocenters. The number of halogens is 4. The first-order valence-corrected chi connectivity index (χ1v) is 9.47. The van der Waals surface area contributed by atoms with Gasteiger partial charge in [-0.1, -0.05) is 35.4 Å². The summed E-state index contributed by atoms with van der Waals surface area (Å²) in [6, 6.07) is 8.90. The first kappa shape index (κ1) is 39.9. The van der Waals surface area contributed by atoms with E-state index in [1.807, 2.05) is 0 Å². The molecule has 0 amide bonds. The molecule has 0 aliphatic heterocycles. The summed E-state index contributed by atoms with van der Waals surface area (Å²) >= 11 is 0. The Balaban J connectivity index is -0.000000342. The molecule has 0 aliphatic rings. The number of imidazole rings is 1. The van der Waals surface area contributed by atoms with Crippen LogP contribution in [0.2, 0.25) is 0 Å². The third kappa shape index (κ3) is 13.0. The molecule has 1 heterocycles. The largest absolute Gasteiger partial charge is 0.673 e. The Morgan fingerprint density at radius 2 is 1.03 bits per heavy atom. The molecule has 0 unspecified atom stereocenters. The summed E-state index contributed by atoms with van der Waals surface area (Å²) in [7, 11) is -6.00. The third-order valence-corrected chi connectivity index (χ3v) is 4.33. The fourth-order valence-corrected chi connectivity index (χ4v) is 3.67. The van der Waals surface area contributed by atoms with E-state index in [0.717, 1.165) is 0 Å². The minimum absolute atomic E-state index is 0. The first-order valence-electron chi connectivity index (χ1n) is 9.47. The quantitative estimate of drug-likeness (QED) is 0.205. The van der Waals surface area contributed by atoms with Crippen LogP contribution in [0.5, 0.6) is 0 Å². The van der Waals surface area contributed by atoms with Crippen molar-refractivity contribution in [3.05, 3.63) is 91.1 Å². The number of aromatic nitrogens is 2. The van der Waals surface area contributed by atoms with Gasteiger partial charge in [-0.3, -0.25) is 9.13 Å². The summed E-state index contributed by atoms with van der Waals surface area (Å²) in [5.74, 6) is 0. The summed E-state index contributed by atoms with van der Waals surface area (Å²) in [6.07, 6.45) is 7.65. The third-order valence-electron chi connectivity index (χ3n) is 4.33. The smallest absolute Gasteiger partial charge is 0.418 e. The van der Waals surface area contributed by atoms with E-state index in [0.29, 0.717) is 0 Å². The molecular weight excluding hydrogens is 529 g/mol. The maximum absolute atomic E-state index is 9.75. The van der Waals surface area contributed by atoms with Crippen LogP contribution in [-0.2, 0) is 17.1 Å². The molecule has 3 aromatic rings. The fraction of sp³-hybridized carbons (Fsp3) is 0.286. The van der Waals surface area contributed by atoms with Gasteiger partial charge in [0, 0.05) is 29.5 Å². The molecule has 3 radical (unpaired) electrons. The van der Waals surface area contributed by atoms with E-state index >= 15 is 0 Å². The average Bonchev–Trinajstić information content (AvgIpc) is 3.19. The molecule has 0 bridgehead atoms. The molecule has 2 N–H and O–H groups in total. The van der Waals surface area contributed by atoms with Crippen LogP contribution in [0.25, 0.3) is 11.4 Å². The topological polar surface area (TPSA) is 158 Å². The number of aryl methyl sites for hydroxylation is 6. The van der Waals surface area contributed by atoms with Gasteiger partial charge in [0.05, 0.1) is 11.4 Å². The summed E-state index contributed by atoms with van der Waals surface area (Å²) in [4.78, 5) is 21.8. The van der Waals surface area contributed by atoms with Gasteiger partial charge in [0.2, 0.25) is 0 Å². The summed E-state index contributed by atoms with van der Waals surface area (Å²) < 4.78 is 43.2. The second kappa shape index (κ2) is 19.0. The minimum Gasteiger partial charge on any atom is -0.418 e. The Kier molecular flexibility index (Phi) is 21.0. The molecular formula is C21H26BF4FeN5O4-. The zero-order chi connectivity index (χ0) is 27.2. The first-order chi connectivity index (χ1) is 15.9. The van der Waals surface area contributed by atoms with Crippen LogP contribution in [0.15, 0.2) is 36.7 Å². The Morgan fingerprint density at radius 1 is 0.722 bits per heavy atom. The van der Waals surface area contributed by atoms with Gasteiger partial charge in [-0.15, -0.1) is 14.7 Å². The predicted molar refractivity (Wildman–Crippen MR) is 125 cm³/mol. The van der Waals surface area contributed by atoms with Crippen molar-refractivity contribution in [2.45, 2.75) is 41.5 Å². The second-order valence-electron chi connectivity index (χ2n) is 7.13. The van der Waals surface area contributed by atoms with E-state index in [-0.39, 0.29) is 22.5 Å². The molecule has 0 spiro atoms. The van der Waals surface area contributed by atoms with Gasteiger partial charge in [-0.25, -0.2) is 0 Å². The van der Waals surface area contributed by atoms with Crippen molar-refractivity contribution in [1.82, 2.24) is 21.3 Å². The van der Waals surface area contributed by atoms with Crippen molar-refractivity contribution >= 4 is 7.25 Å². The van der Waals surface area contributed by atoms with Crippen LogP contribution < -0.4 is 21.3 Å². The number of nitrogens with zero attached hydrogens (tertiary/aromatic N) is 5. The molecule has 0 saturated carbocycles. The van der Waals surface area contributed by atoms with Crippen molar-refractivity contribution < 1.29 is 44.4 Å². The van der Waals surface area contributed by atoms with E-state index in [4.69, 9.17) is 31.5 Å². The molecule has 0 fully saturated rings. The van der Waals surface area contributed by atoms with Crippen molar-refractivity contribution in [3.8, 4) is 11.4 Å². The van der Waals surface area contributed by atoms with Crippen LogP contribution in [0.3, 0.4) is 0 Å². The molecule has 1 aromatic heterocycles. The Hall–Kier alpha value is -3.29. The zero-order valence-corrected chi connectivity index (χ0v) is 21.5. The Bertz CT molecular complexity index is 942. The van der Waals surface area contributed by atoms with E-state index < -0.39 is 7.25 Å². The van der Waals surface area contributed by atoms with E-state index in [9.17, 15) is 17.3 Å². The van der Waals surface area contributed by atoms with Crippen molar-refractivity contribution in [3.63, 3.8) is 0 Å². The fourth-order valence-electron chi connectivity index (χ4n) is 3.67. The maximum atomic E-state index is 9.75. The Morgan fingerprint density at radius 3 is 1.36 bits per heavy atom. The van der Waals surface area contributed by atoms with Crippen LogP contribution in [0.1, 0.15) is 33.4 Å². The second-order valence-corrected chi connectivity index (χ2v) is 7.13. The number of benzene rings is 2. The minimum atomic E-state index is -6.00. The van der Waals surface area contributed by atoms with Crippen molar-refractivity contribution in [1.29, 1.82) is 0 Å². The normalized spacial score (nSPS) is 9.06. The predicted octanol–water partition coefficient (Wildman–Crippen LogP) is 3.54. The molecule has 199 valence electrons. The zero-order valence-electron chi connectivity index (χ0n) is 20.4. The summed E-state index contributed by atoms with van der Waals surface area (Å²) in [5, 5.41) is 0. The Labute approximate surface area is 217 Å². The number of nitroso groups, excluding NO2 is 3. The molecule has 0 saturated heterocycles. The average molecular weight is 555 g/mol. The van der Waals surface area contributed by atoms with E-state index in [1.54, 1.807) is 0 Å². The standard InChI is InChI=1S/C21H24N2.BF4.Fe.3NO.H2O/c1-14-9-16(3)20(17(4)10-14)22-7-8-23(13-22)21-18(5)11-15(2)12-19(21)6;2-1(3,4)5;;3*1-2;/h7-12H,1-6H3;;;;;;1H2/q;-1;;;;;. The van der Waals surface area contributed by atoms with Crippen molar-refractivity contribution in [2.24, 2.45) is 0 Å². The van der Waals surface area contributed by atoms with Gasteiger partial charge in [0.1, 0.15) is 16.8 Å². The van der Waals surface area contributed by atoms with Gasteiger partial charge in [-0.05, 0) is 63.8 Å². The summed E-state index contributed by atoms with van der Waals surface area (Å²) in [6.45, 7) is 12.9. The van der Waals surface area contributed by atoms with Gasteiger partial charge in [0.25, 0.3) is 6.33 Å².